The third-order valence-electron chi connectivity index (χ3n) is 12.8. The molecule has 0 aromatic rings. The van der Waals surface area contributed by atoms with Gasteiger partial charge in [-0.25, -0.2) is 0 Å². The second-order valence-electron chi connectivity index (χ2n) is 18.9. The molecule has 11 nitrogen and oxygen atoms in total. The van der Waals surface area contributed by atoms with Gasteiger partial charge in [0.2, 0.25) is 5.91 Å². The number of esters is 1. The molecule has 1 saturated heterocycles. The van der Waals surface area contributed by atoms with Crippen molar-refractivity contribution in [2.45, 2.75) is 288 Å². The molecule has 1 amide bonds. The molecule has 0 saturated carbocycles. The summed E-state index contributed by atoms with van der Waals surface area (Å²) in [5, 5.41) is 54.1. The minimum Gasteiger partial charge on any atom is -0.466 e. The molecule has 0 radical (unpaired) electrons. The van der Waals surface area contributed by atoms with Gasteiger partial charge in [-0.3, -0.25) is 9.59 Å². The van der Waals surface area contributed by atoms with Crippen LogP contribution in [0.4, 0.5) is 0 Å². The second-order valence-corrected chi connectivity index (χ2v) is 18.9. The quantitative estimate of drug-likeness (QED) is 0.0196. The van der Waals surface area contributed by atoms with Crippen LogP contribution in [0.2, 0.25) is 0 Å². The Bertz CT molecular complexity index is 1130. The molecule has 65 heavy (non-hydrogen) atoms. The number of hydrogen-bond donors (Lipinski definition) is 6. The molecule has 0 aliphatic carbocycles. The van der Waals surface area contributed by atoms with E-state index in [0.29, 0.717) is 19.4 Å². The molecule has 1 heterocycles. The number of aliphatic hydroxyl groups excluding tert-OH is 5. The Kier molecular flexibility index (Phi) is 42.0. The van der Waals surface area contributed by atoms with Crippen molar-refractivity contribution >= 4 is 11.9 Å². The highest BCUT2D eigenvalue weighted by molar-refractivity contribution is 5.76. The zero-order valence-electron chi connectivity index (χ0n) is 41.7. The third kappa shape index (κ3) is 35.0. The van der Waals surface area contributed by atoms with Crippen LogP contribution in [-0.4, -0.2) is 100 Å². The highest BCUT2D eigenvalue weighted by Crippen LogP contribution is 2.23. The highest BCUT2D eigenvalue weighted by Gasteiger charge is 2.44. The van der Waals surface area contributed by atoms with Crippen molar-refractivity contribution in [1.29, 1.82) is 0 Å². The molecule has 7 atom stereocenters. The minimum absolute atomic E-state index is 0.0283. The zero-order chi connectivity index (χ0) is 47.4. The van der Waals surface area contributed by atoms with E-state index >= 15 is 0 Å². The summed E-state index contributed by atoms with van der Waals surface area (Å²) >= 11 is 0. The SMILES string of the molecule is CCCCCC/C=C\CCCCCCCC(=O)OCCCCCCCCCCCCCCCCCC(=O)NC(COC1OC(CO)C(O)C(O)C1O)C(O)/C=C/CCCCCCCCC. The maximum absolute atomic E-state index is 13.0. The van der Waals surface area contributed by atoms with Crippen LogP contribution in [0, 0.1) is 0 Å². The third-order valence-corrected chi connectivity index (χ3v) is 12.8. The Hall–Kier alpha value is -1.86. The molecule has 1 aliphatic rings. The van der Waals surface area contributed by atoms with Crippen LogP contribution in [0.15, 0.2) is 24.3 Å². The number of aliphatic hydroxyl groups is 5. The number of hydrogen-bond acceptors (Lipinski definition) is 10. The van der Waals surface area contributed by atoms with E-state index in [-0.39, 0.29) is 18.5 Å². The maximum Gasteiger partial charge on any atom is 0.305 e. The van der Waals surface area contributed by atoms with Crippen LogP contribution >= 0.6 is 0 Å². The molecule has 11 heteroatoms. The van der Waals surface area contributed by atoms with Crippen molar-refractivity contribution < 1.29 is 49.3 Å². The van der Waals surface area contributed by atoms with Gasteiger partial charge in [-0.1, -0.05) is 199 Å². The van der Waals surface area contributed by atoms with E-state index in [1.807, 2.05) is 6.08 Å². The average molecular weight is 924 g/mol. The molecule has 0 spiro atoms. The first-order valence-electron chi connectivity index (χ1n) is 27.1. The molecule has 382 valence electrons. The lowest BCUT2D eigenvalue weighted by molar-refractivity contribution is -0.302. The van der Waals surface area contributed by atoms with Crippen LogP contribution < -0.4 is 5.32 Å². The summed E-state index contributed by atoms with van der Waals surface area (Å²) in [7, 11) is 0. The van der Waals surface area contributed by atoms with Crippen molar-refractivity contribution in [3.05, 3.63) is 24.3 Å². The van der Waals surface area contributed by atoms with Gasteiger partial charge in [-0.2, -0.15) is 0 Å². The van der Waals surface area contributed by atoms with Crippen molar-refractivity contribution in [3.8, 4) is 0 Å². The fraction of sp³-hybridized carbons (Fsp3) is 0.889. The summed E-state index contributed by atoms with van der Waals surface area (Å²) in [5.41, 5.74) is 0. The van der Waals surface area contributed by atoms with E-state index in [4.69, 9.17) is 14.2 Å². The number of allylic oxidation sites excluding steroid dienone is 3. The van der Waals surface area contributed by atoms with Gasteiger partial charge in [0.05, 0.1) is 32.0 Å². The number of carbonyl (C=O) groups excluding carboxylic acids is 2. The Morgan fingerprint density at radius 1 is 0.554 bits per heavy atom. The summed E-state index contributed by atoms with van der Waals surface area (Å²) in [4.78, 5) is 25.0. The molecule has 6 N–H and O–H groups in total. The average Bonchev–Trinajstić information content (AvgIpc) is 3.30. The fourth-order valence-corrected chi connectivity index (χ4v) is 8.43. The molecule has 1 aliphatic heterocycles. The predicted octanol–water partition coefficient (Wildman–Crippen LogP) is 11.4. The van der Waals surface area contributed by atoms with E-state index in [9.17, 15) is 35.1 Å². The van der Waals surface area contributed by atoms with E-state index in [1.54, 1.807) is 6.08 Å². The van der Waals surface area contributed by atoms with Gasteiger partial charge >= 0.3 is 5.97 Å². The summed E-state index contributed by atoms with van der Waals surface area (Å²) in [6.07, 6.45) is 41.2. The lowest BCUT2D eigenvalue weighted by atomic mass is 9.99. The standard InChI is InChI=1S/C54H101NO10/c1-3-5-7-9-11-13-14-18-22-26-30-34-38-42-50(59)63-43-39-35-31-27-23-20-17-15-16-19-21-25-29-33-37-41-49(58)55-46(47(57)40-36-32-28-24-12-10-8-6-4-2)45-64-54-53(62)52(61)51(60)48(44-56)65-54/h13-14,36,40,46-48,51-54,56-57,60-62H,3-12,15-35,37-39,41-45H2,1-2H3,(H,55,58)/b14-13-,40-36+. The monoisotopic (exact) mass is 924 g/mol. The second kappa shape index (κ2) is 44.6. The van der Waals surface area contributed by atoms with Crippen LogP contribution in [0.5, 0.6) is 0 Å². The van der Waals surface area contributed by atoms with Gasteiger partial charge < -0.3 is 45.1 Å². The first-order valence-corrected chi connectivity index (χ1v) is 27.1. The van der Waals surface area contributed by atoms with Crippen molar-refractivity contribution in [2.24, 2.45) is 0 Å². The van der Waals surface area contributed by atoms with Gasteiger partial charge in [0, 0.05) is 12.8 Å². The molecule has 0 bridgehead atoms. The fourth-order valence-electron chi connectivity index (χ4n) is 8.43. The summed E-state index contributed by atoms with van der Waals surface area (Å²) in [6, 6.07) is -0.814. The Morgan fingerprint density at radius 3 is 1.49 bits per heavy atom. The van der Waals surface area contributed by atoms with Gasteiger partial charge in [0.1, 0.15) is 24.4 Å². The molecule has 1 fully saturated rings. The van der Waals surface area contributed by atoms with Gasteiger partial charge in [0.25, 0.3) is 0 Å². The van der Waals surface area contributed by atoms with E-state index < -0.39 is 49.5 Å². The molecular formula is C54H101NO10. The maximum atomic E-state index is 13.0. The number of nitrogens with one attached hydrogen (secondary N) is 1. The molecule has 0 aromatic heterocycles. The number of amides is 1. The van der Waals surface area contributed by atoms with Crippen LogP contribution in [0.1, 0.15) is 245 Å². The normalized spacial score (nSPS) is 19.9. The Balaban J connectivity index is 2.09. The minimum atomic E-state index is -1.57. The summed E-state index contributed by atoms with van der Waals surface area (Å²) < 4.78 is 16.6. The molecular weight excluding hydrogens is 823 g/mol. The summed E-state index contributed by atoms with van der Waals surface area (Å²) in [6.45, 7) is 4.26. The van der Waals surface area contributed by atoms with E-state index in [1.165, 1.54) is 148 Å². The lowest BCUT2D eigenvalue weighted by Crippen LogP contribution is -2.60. The van der Waals surface area contributed by atoms with Crippen molar-refractivity contribution in [3.63, 3.8) is 0 Å². The smallest absolute Gasteiger partial charge is 0.305 e. The van der Waals surface area contributed by atoms with Crippen molar-refractivity contribution in [1.82, 2.24) is 5.32 Å². The molecule has 0 aromatic carbocycles. The molecule has 7 unspecified atom stereocenters. The van der Waals surface area contributed by atoms with Crippen molar-refractivity contribution in [2.75, 3.05) is 19.8 Å². The Labute approximate surface area is 397 Å². The topological polar surface area (TPSA) is 175 Å². The van der Waals surface area contributed by atoms with Gasteiger partial charge in [-0.05, 0) is 57.8 Å². The van der Waals surface area contributed by atoms with E-state index in [0.717, 1.165) is 70.6 Å². The number of ether oxygens (including phenoxy) is 3. The van der Waals surface area contributed by atoms with Crippen LogP contribution in [0.3, 0.4) is 0 Å². The molecule has 1 rings (SSSR count). The van der Waals surface area contributed by atoms with Crippen LogP contribution in [0.25, 0.3) is 0 Å². The first kappa shape index (κ1) is 61.2. The number of unbranched alkanes of at least 4 members (excludes halogenated alkanes) is 30. The lowest BCUT2D eigenvalue weighted by Gasteiger charge is -2.40. The first-order chi connectivity index (χ1) is 31.7. The largest absolute Gasteiger partial charge is 0.466 e. The van der Waals surface area contributed by atoms with E-state index in [2.05, 4.69) is 31.3 Å². The number of carbonyl (C=O) groups is 2. The number of rotatable bonds is 46. The predicted molar refractivity (Wildman–Crippen MR) is 264 cm³/mol. The van der Waals surface area contributed by atoms with Crippen LogP contribution in [-0.2, 0) is 23.8 Å². The Morgan fingerprint density at radius 2 is 0.985 bits per heavy atom. The highest BCUT2D eigenvalue weighted by atomic mass is 16.7. The van der Waals surface area contributed by atoms with Gasteiger partial charge in [0.15, 0.2) is 6.29 Å². The zero-order valence-corrected chi connectivity index (χ0v) is 41.7. The summed E-state index contributed by atoms with van der Waals surface area (Å²) in [5.74, 6) is -0.221. The van der Waals surface area contributed by atoms with Gasteiger partial charge in [-0.15, -0.1) is 0 Å².